The van der Waals surface area contributed by atoms with Crippen molar-refractivity contribution in [2.45, 2.75) is 18.9 Å². The lowest BCUT2D eigenvalue weighted by molar-refractivity contribution is 0.386. The van der Waals surface area contributed by atoms with Crippen molar-refractivity contribution in [3.05, 3.63) is 76.2 Å². The van der Waals surface area contributed by atoms with Gasteiger partial charge in [0, 0.05) is 37.5 Å². The monoisotopic (exact) mass is 484 g/mol. The average molecular weight is 485 g/mol. The van der Waals surface area contributed by atoms with Crippen LogP contribution >= 0.6 is 0 Å². The number of methoxy groups -OCH3 is 1. The summed E-state index contributed by atoms with van der Waals surface area (Å²) in [5.41, 5.74) is 2.17. The number of nitrogens with zero attached hydrogens (tertiary/aromatic N) is 5. The molecule has 9 heteroatoms. The highest BCUT2D eigenvalue weighted by molar-refractivity contribution is 5.94. The van der Waals surface area contributed by atoms with Crippen LogP contribution < -0.4 is 20.5 Å². The zero-order valence-electron chi connectivity index (χ0n) is 20.2. The molecule has 1 unspecified atom stereocenters. The molecule has 8 nitrogen and oxygen atoms in total. The Kier molecular flexibility index (Phi) is 6.12. The molecule has 0 aliphatic carbocycles. The second-order valence-corrected chi connectivity index (χ2v) is 8.91. The van der Waals surface area contributed by atoms with E-state index >= 15 is 0 Å². The van der Waals surface area contributed by atoms with E-state index in [9.17, 15) is 14.4 Å². The maximum absolute atomic E-state index is 14.7. The highest BCUT2D eigenvalue weighted by Crippen LogP contribution is 2.32. The molecule has 1 saturated heterocycles. The lowest BCUT2D eigenvalue weighted by atomic mass is 10.0. The third-order valence-corrected chi connectivity index (χ3v) is 6.41. The quantitative estimate of drug-likeness (QED) is 0.458. The summed E-state index contributed by atoms with van der Waals surface area (Å²) in [6, 6.07) is 13.4. The summed E-state index contributed by atoms with van der Waals surface area (Å²) < 4.78 is 21.1. The number of nitriles is 1. The average Bonchev–Trinajstić information content (AvgIpc) is 3.43. The van der Waals surface area contributed by atoms with Crippen LogP contribution in [0.1, 0.15) is 30.3 Å². The predicted molar refractivity (Wildman–Crippen MR) is 136 cm³/mol. The molecule has 2 aromatic carbocycles. The van der Waals surface area contributed by atoms with Crippen LogP contribution in [0.25, 0.3) is 27.7 Å². The number of benzene rings is 2. The molecular formula is C27H25FN6O2. The van der Waals surface area contributed by atoms with Crippen LogP contribution in [0.3, 0.4) is 0 Å². The first-order valence-electron chi connectivity index (χ1n) is 11.6. The van der Waals surface area contributed by atoms with E-state index in [0.717, 1.165) is 30.8 Å². The number of hydrogen-bond donors (Lipinski definition) is 1. The molecule has 0 saturated carbocycles. The number of halogens is 1. The Morgan fingerprint density at radius 1 is 1.22 bits per heavy atom. The number of aromatic nitrogens is 3. The van der Waals surface area contributed by atoms with E-state index in [1.807, 2.05) is 31.1 Å². The van der Waals surface area contributed by atoms with Crippen molar-refractivity contribution in [3.63, 3.8) is 0 Å². The van der Waals surface area contributed by atoms with E-state index in [1.165, 1.54) is 29.9 Å². The first-order chi connectivity index (χ1) is 17.4. The van der Waals surface area contributed by atoms with E-state index in [4.69, 9.17) is 9.72 Å². The summed E-state index contributed by atoms with van der Waals surface area (Å²) in [5.74, 6) is 0.792. The van der Waals surface area contributed by atoms with Crippen molar-refractivity contribution >= 4 is 16.7 Å². The van der Waals surface area contributed by atoms with Crippen molar-refractivity contribution in [2.75, 3.05) is 32.6 Å². The maximum atomic E-state index is 14.7. The Morgan fingerprint density at radius 2 is 2.06 bits per heavy atom. The molecule has 1 atom stereocenters. The van der Waals surface area contributed by atoms with Gasteiger partial charge in [-0.05, 0) is 55.8 Å². The lowest BCUT2D eigenvalue weighted by Gasteiger charge is -2.20. The third kappa shape index (κ3) is 4.06. The largest absolute Gasteiger partial charge is 0.494 e. The van der Waals surface area contributed by atoms with Gasteiger partial charge in [-0.1, -0.05) is 0 Å². The Hall–Kier alpha value is -4.29. The number of nitrogens with one attached hydrogen (secondary N) is 1. The van der Waals surface area contributed by atoms with Gasteiger partial charge in [0.25, 0.3) is 5.56 Å². The molecule has 4 aromatic rings. The predicted octanol–water partition coefficient (Wildman–Crippen LogP) is 3.96. The van der Waals surface area contributed by atoms with Crippen LogP contribution in [-0.4, -0.2) is 42.3 Å². The second-order valence-electron chi connectivity index (χ2n) is 8.91. The molecule has 1 aliphatic heterocycles. The van der Waals surface area contributed by atoms with Crippen molar-refractivity contribution in [2.24, 2.45) is 0 Å². The van der Waals surface area contributed by atoms with Gasteiger partial charge in [0.1, 0.15) is 11.6 Å². The molecule has 1 N–H and O–H groups in total. The molecule has 2 aromatic heterocycles. The smallest absolute Gasteiger partial charge is 0.266 e. The topological polar surface area (TPSA) is 96.1 Å². The molecule has 0 bridgehead atoms. The maximum Gasteiger partial charge on any atom is 0.266 e. The molecule has 0 spiro atoms. The first-order valence-corrected chi connectivity index (χ1v) is 11.6. The summed E-state index contributed by atoms with van der Waals surface area (Å²) in [6.45, 7) is 0.797. The minimum atomic E-state index is -0.578. The van der Waals surface area contributed by atoms with Crippen LogP contribution in [0.5, 0.6) is 5.75 Å². The minimum Gasteiger partial charge on any atom is -0.494 e. The molecule has 0 radical (unpaired) electrons. The molecule has 3 heterocycles. The van der Waals surface area contributed by atoms with Crippen molar-refractivity contribution in [1.82, 2.24) is 19.9 Å². The Balaban J connectivity index is 1.81. The second kappa shape index (κ2) is 9.40. The molecule has 36 heavy (non-hydrogen) atoms. The summed E-state index contributed by atoms with van der Waals surface area (Å²) >= 11 is 0. The number of anilines is 1. The minimum absolute atomic E-state index is 0.0869. The summed E-state index contributed by atoms with van der Waals surface area (Å²) in [4.78, 5) is 25.3. The standard InChI is InChI=1S/C27H25FN6O2/c1-33(2)24-9-6-17(15-31-24)19-11-16(14-29)12-20-25(19)32-26(22-5-4-10-30-22)34(27(20)35)18-7-8-23(36-3)21(28)13-18/h6-9,11-13,15,22,30H,4-5,10H2,1-3H3. The van der Waals surface area contributed by atoms with Crippen LogP contribution in [0.2, 0.25) is 0 Å². The van der Waals surface area contributed by atoms with Gasteiger partial charge in [-0.3, -0.25) is 9.36 Å². The van der Waals surface area contributed by atoms with Crippen molar-refractivity contribution in [3.8, 4) is 28.6 Å². The SMILES string of the molecule is COc1ccc(-n2c(C3CCCN3)nc3c(-c4ccc(N(C)C)nc4)cc(C#N)cc3c2=O)cc1F. The Bertz CT molecular complexity index is 1550. The van der Waals surface area contributed by atoms with Gasteiger partial charge in [-0.25, -0.2) is 14.4 Å². The van der Waals surface area contributed by atoms with Crippen molar-refractivity contribution in [1.29, 1.82) is 5.26 Å². The molecule has 5 rings (SSSR count). The first kappa shape index (κ1) is 23.5. The van der Waals surface area contributed by atoms with E-state index in [0.29, 0.717) is 28.2 Å². The molecule has 182 valence electrons. The molecule has 1 aliphatic rings. The zero-order valence-corrected chi connectivity index (χ0v) is 20.2. The van der Waals surface area contributed by atoms with E-state index in [2.05, 4.69) is 16.4 Å². The highest BCUT2D eigenvalue weighted by Gasteiger charge is 2.26. The summed E-state index contributed by atoms with van der Waals surface area (Å²) in [6.07, 6.45) is 3.44. The molecule has 0 amide bonds. The fourth-order valence-electron chi connectivity index (χ4n) is 4.58. The van der Waals surface area contributed by atoms with E-state index < -0.39 is 5.82 Å². The van der Waals surface area contributed by atoms with Crippen molar-refractivity contribution < 1.29 is 9.13 Å². The van der Waals surface area contributed by atoms with Gasteiger partial charge in [-0.2, -0.15) is 5.26 Å². The van der Waals surface area contributed by atoms with Gasteiger partial charge < -0.3 is 15.0 Å². The normalized spacial score (nSPS) is 15.1. The van der Waals surface area contributed by atoms with Crippen LogP contribution in [-0.2, 0) is 0 Å². The van der Waals surface area contributed by atoms with Gasteiger partial charge >= 0.3 is 0 Å². The van der Waals surface area contributed by atoms with Gasteiger partial charge in [-0.15, -0.1) is 0 Å². The summed E-state index contributed by atoms with van der Waals surface area (Å²) in [7, 11) is 5.20. The van der Waals surface area contributed by atoms with Gasteiger partial charge in [0.05, 0.1) is 41.4 Å². The number of fused-ring (bicyclic) bond motifs is 1. The lowest BCUT2D eigenvalue weighted by Crippen LogP contribution is -2.29. The van der Waals surface area contributed by atoms with Gasteiger partial charge in [0.15, 0.2) is 11.6 Å². The molecular weight excluding hydrogens is 459 g/mol. The van der Waals surface area contributed by atoms with Crippen LogP contribution in [0.15, 0.2) is 53.5 Å². The number of ether oxygens (including phenoxy) is 1. The Morgan fingerprint density at radius 3 is 2.67 bits per heavy atom. The van der Waals surface area contributed by atoms with Gasteiger partial charge in [0.2, 0.25) is 0 Å². The summed E-state index contributed by atoms with van der Waals surface area (Å²) in [5, 5.41) is 13.4. The Labute approximate surface area is 207 Å². The molecule has 1 fully saturated rings. The fourth-order valence-corrected chi connectivity index (χ4v) is 4.58. The van der Waals surface area contributed by atoms with E-state index in [-0.39, 0.29) is 22.7 Å². The number of rotatable bonds is 5. The van der Waals surface area contributed by atoms with Crippen LogP contribution in [0, 0.1) is 17.1 Å². The zero-order chi connectivity index (χ0) is 25.4. The highest BCUT2D eigenvalue weighted by atomic mass is 19.1. The third-order valence-electron chi connectivity index (χ3n) is 6.41. The number of hydrogen-bond acceptors (Lipinski definition) is 7. The van der Waals surface area contributed by atoms with E-state index in [1.54, 1.807) is 18.3 Å². The number of pyridine rings is 1. The van der Waals surface area contributed by atoms with Crippen LogP contribution in [0.4, 0.5) is 10.2 Å². The fraction of sp³-hybridized carbons (Fsp3) is 0.259.